The molecule has 0 spiro atoms. The maximum Gasteiger partial charge on any atom is 0.533 e. The average Bonchev–Trinajstić information content (AvgIpc) is 3.54. The number of nitrogens with one attached hydrogen (secondary N) is 2. The molecule has 3 heterocycles. The number of nitrogens with zero attached hydrogens (tertiary/aromatic N) is 3. The fourth-order valence-corrected chi connectivity index (χ4v) is 5.76. The molecule has 0 aromatic heterocycles. The van der Waals surface area contributed by atoms with Crippen molar-refractivity contribution in [3.8, 4) is 5.75 Å². The van der Waals surface area contributed by atoms with Crippen LogP contribution in [-0.2, 0) is 14.4 Å². The van der Waals surface area contributed by atoms with E-state index in [2.05, 4.69) is 15.5 Å². The molecule has 11 nitrogen and oxygen atoms in total. The van der Waals surface area contributed by atoms with Crippen LogP contribution in [-0.4, -0.2) is 91.1 Å². The number of rotatable bonds is 8. The molecule has 3 saturated heterocycles. The van der Waals surface area contributed by atoms with Crippen LogP contribution in [0.4, 0.5) is 10.5 Å². The molecule has 2 aromatic rings. The minimum Gasteiger partial charge on any atom is -0.394 e. The van der Waals surface area contributed by atoms with Gasteiger partial charge in [-0.15, -0.1) is 5.06 Å². The lowest BCUT2D eigenvalue weighted by Gasteiger charge is -2.30. The molecule has 3 aliphatic rings. The molecule has 2 N–H and O–H groups in total. The van der Waals surface area contributed by atoms with Crippen molar-refractivity contribution in [1.29, 1.82) is 0 Å². The quantitative estimate of drug-likeness (QED) is 0.368. The zero-order valence-corrected chi connectivity index (χ0v) is 23.5. The molecule has 11 heteroatoms. The van der Waals surface area contributed by atoms with Crippen molar-refractivity contribution in [2.45, 2.75) is 44.8 Å². The van der Waals surface area contributed by atoms with Crippen molar-refractivity contribution in [2.75, 3.05) is 44.2 Å². The lowest BCUT2D eigenvalue weighted by molar-refractivity contribution is -0.138. The lowest BCUT2D eigenvalue weighted by Crippen LogP contribution is -2.52. The Morgan fingerprint density at radius 1 is 1.00 bits per heavy atom. The van der Waals surface area contributed by atoms with E-state index in [1.807, 2.05) is 26.0 Å². The summed E-state index contributed by atoms with van der Waals surface area (Å²) in [6.07, 6.45) is -0.0616. The van der Waals surface area contributed by atoms with Crippen LogP contribution >= 0.6 is 0 Å². The van der Waals surface area contributed by atoms with Crippen molar-refractivity contribution in [3.05, 3.63) is 60.2 Å². The van der Waals surface area contributed by atoms with Crippen molar-refractivity contribution in [3.63, 3.8) is 0 Å². The summed E-state index contributed by atoms with van der Waals surface area (Å²) in [4.78, 5) is 61.5. The average molecular weight is 564 g/mol. The third-order valence-electron chi connectivity index (χ3n) is 7.72. The van der Waals surface area contributed by atoms with Gasteiger partial charge in [0.2, 0.25) is 5.91 Å². The Morgan fingerprint density at radius 2 is 1.71 bits per heavy atom. The molecule has 3 unspecified atom stereocenters. The van der Waals surface area contributed by atoms with Crippen LogP contribution in [0.5, 0.6) is 5.75 Å². The number of hydrogen-bond acceptors (Lipinski definition) is 9. The minimum atomic E-state index is -0.942. The number of hydroxylamine groups is 2. The number of ether oxygens (including phenoxy) is 1. The van der Waals surface area contributed by atoms with Crippen LogP contribution in [0.3, 0.4) is 0 Å². The van der Waals surface area contributed by atoms with Gasteiger partial charge in [-0.05, 0) is 55.2 Å². The number of likely N-dealkylation sites (tertiary alicyclic amines) is 1. The first-order valence-corrected chi connectivity index (χ1v) is 14.2. The predicted molar refractivity (Wildman–Crippen MR) is 151 cm³/mol. The second kappa shape index (κ2) is 12.7. The number of ketones is 1. The molecule has 5 rings (SSSR count). The van der Waals surface area contributed by atoms with E-state index in [1.54, 1.807) is 42.5 Å². The summed E-state index contributed by atoms with van der Waals surface area (Å²) >= 11 is 0. The van der Waals surface area contributed by atoms with E-state index in [-0.39, 0.29) is 30.1 Å². The van der Waals surface area contributed by atoms with Gasteiger partial charge in [-0.3, -0.25) is 14.4 Å². The molecule has 3 aliphatic heterocycles. The van der Waals surface area contributed by atoms with E-state index in [1.165, 1.54) is 9.96 Å². The number of carbonyl (C=O) groups excluding carboxylic acids is 4. The van der Waals surface area contributed by atoms with Gasteiger partial charge >= 0.3 is 6.16 Å². The van der Waals surface area contributed by atoms with Crippen molar-refractivity contribution in [2.24, 2.45) is 5.92 Å². The third-order valence-corrected chi connectivity index (χ3v) is 7.72. The van der Waals surface area contributed by atoms with Crippen molar-refractivity contribution < 1.29 is 28.8 Å². The van der Waals surface area contributed by atoms with Gasteiger partial charge in [0.15, 0.2) is 5.78 Å². The summed E-state index contributed by atoms with van der Waals surface area (Å²) in [5, 5.41) is 7.56. The summed E-state index contributed by atoms with van der Waals surface area (Å²) < 4.78 is 5.20. The standard InChI is InChI=1S/C30H37N5O6/c1-20(2)18-24(32-28(37)21-8-10-22(11-9-21)33-16-13-31-14-17-33)29(38)34-15-12-25-27(34)26(36)19-35(25)41-30(39)40-23-6-4-3-5-7-23/h3-11,20,24-25,27,31H,12-19H2,1-2H3,(H,32,37). The molecule has 0 aliphatic carbocycles. The molecule has 218 valence electrons. The SMILES string of the molecule is CC(C)CC(NC(=O)c1ccc(N2CCNCC2)cc1)C(=O)N1CCC2C1C(=O)CN2OC(=O)Oc1ccccc1. The molecule has 2 amide bonds. The molecule has 41 heavy (non-hydrogen) atoms. The van der Waals surface area contributed by atoms with Crippen LogP contribution < -0.4 is 20.3 Å². The summed E-state index contributed by atoms with van der Waals surface area (Å²) in [5.41, 5.74) is 1.53. The number of carbonyl (C=O) groups is 4. The van der Waals surface area contributed by atoms with Gasteiger partial charge in [0.25, 0.3) is 5.91 Å². The molecule has 3 fully saturated rings. The number of hydrogen-bond donors (Lipinski definition) is 2. The Balaban J connectivity index is 1.22. The van der Waals surface area contributed by atoms with Gasteiger partial charge in [-0.2, -0.15) is 0 Å². The number of amides is 2. The van der Waals surface area contributed by atoms with Gasteiger partial charge in [-0.1, -0.05) is 32.0 Å². The summed E-state index contributed by atoms with van der Waals surface area (Å²) in [5.74, 6) is -0.401. The highest BCUT2D eigenvalue weighted by molar-refractivity contribution is 5.99. The second-order valence-electron chi connectivity index (χ2n) is 11.1. The van der Waals surface area contributed by atoms with E-state index in [0.717, 1.165) is 31.9 Å². The zero-order chi connectivity index (χ0) is 28.9. The molecular formula is C30H37N5O6. The Hall–Kier alpha value is -3.96. The lowest BCUT2D eigenvalue weighted by atomic mass is 10.0. The maximum absolute atomic E-state index is 13.8. The predicted octanol–water partition coefficient (Wildman–Crippen LogP) is 2.23. The number of benzene rings is 2. The zero-order valence-electron chi connectivity index (χ0n) is 23.5. The number of fused-ring (bicyclic) bond motifs is 1. The van der Waals surface area contributed by atoms with Crippen molar-refractivity contribution >= 4 is 29.4 Å². The third kappa shape index (κ3) is 6.68. The normalized spacial score (nSPS) is 21.5. The summed E-state index contributed by atoms with van der Waals surface area (Å²) in [6.45, 7) is 7.80. The molecule has 2 aromatic carbocycles. The van der Waals surface area contributed by atoms with E-state index in [9.17, 15) is 19.2 Å². The van der Waals surface area contributed by atoms with Crippen molar-refractivity contribution in [1.82, 2.24) is 20.6 Å². The molecule has 0 radical (unpaired) electrons. The molecule has 0 saturated carbocycles. The molecule has 0 bridgehead atoms. The second-order valence-corrected chi connectivity index (χ2v) is 11.1. The number of anilines is 1. The first-order chi connectivity index (χ1) is 19.8. The van der Waals surface area contributed by atoms with Crippen LogP contribution in [0, 0.1) is 5.92 Å². The van der Waals surface area contributed by atoms with E-state index in [0.29, 0.717) is 30.7 Å². The van der Waals surface area contributed by atoms with Gasteiger partial charge in [-0.25, -0.2) is 4.79 Å². The highest BCUT2D eigenvalue weighted by atomic mass is 16.8. The highest BCUT2D eigenvalue weighted by Gasteiger charge is 2.52. The van der Waals surface area contributed by atoms with Gasteiger partial charge in [0.1, 0.15) is 17.8 Å². The van der Waals surface area contributed by atoms with Gasteiger partial charge in [0.05, 0.1) is 12.6 Å². The first-order valence-electron chi connectivity index (χ1n) is 14.2. The van der Waals surface area contributed by atoms with E-state index in [4.69, 9.17) is 9.57 Å². The largest absolute Gasteiger partial charge is 0.533 e. The highest BCUT2D eigenvalue weighted by Crippen LogP contribution is 2.31. The topological polar surface area (TPSA) is 121 Å². The van der Waals surface area contributed by atoms with Crippen LogP contribution in [0.2, 0.25) is 0 Å². The molecule has 3 atom stereocenters. The summed E-state index contributed by atoms with van der Waals surface area (Å²) in [7, 11) is 0. The van der Waals surface area contributed by atoms with Crippen LogP contribution in [0.25, 0.3) is 0 Å². The Bertz CT molecular complexity index is 1250. The maximum atomic E-state index is 13.8. The Morgan fingerprint density at radius 3 is 2.39 bits per heavy atom. The fourth-order valence-electron chi connectivity index (χ4n) is 5.76. The summed E-state index contributed by atoms with van der Waals surface area (Å²) in [6, 6.07) is 13.9. The van der Waals surface area contributed by atoms with Gasteiger partial charge < -0.3 is 30.0 Å². The van der Waals surface area contributed by atoms with Crippen LogP contribution in [0.15, 0.2) is 54.6 Å². The first kappa shape index (κ1) is 28.6. The smallest absolute Gasteiger partial charge is 0.394 e. The van der Waals surface area contributed by atoms with Crippen LogP contribution in [0.1, 0.15) is 37.0 Å². The van der Waals surface area contributed by atoms with E-state index < -0.39 is 24.3 Å². The Kier molecular flexibility index (Phi) is 8.84. The minimum absolute atomic E-state index is 0.129. The molecular weight excluding hydrogens is 526 g/mol. The monoisotopic (exact) mass is 563 g/mol. The van der Waals surface area contributed by atoms with E-state index >= 15 is 0 Å². The van der Waals surface area contributed by atoms with Gasteiger partial charge in [0, 0.05) is 44.0 Å². The number of para-hydroxylation sites is 1. The number of Topliss-reactive ketones (excluding diaryl/α,β-unsaturated/α-hetero) is 1. The number of piperazine rings is 1. The Labute approximate surface area is 239 Å². The fraction of sp³-hybridized carbons (Fsp3) is 0.467.